The highest BCUT2D eigenvalue weighted by Crippen LogP contribution is 2.23. The van der Waals surface area contributed by atoms with Crippen molar-refractivity contribution in [2.45, 2.75) is 358 Å². The van der Waals surface area contributed by atoms with E-state index in [9.17, 15) is 35.1 Å². The molecule has 1 rings (SSSR count). The Morgan fingerprint density at radius 2 is 0.855 bits per heavy atom. The first kappa shape index (κ1) is 72.2. The number of carbonyl (C=O) groups is 2. The van der Waals surface area contributed by atoms with E-state index >= 15 is 0 Å². The van der Waals surface area contributed by atoms with Gasteiger partial charge in [-0.1, -0.05) is 282 Å². The van der Waals surface area contributed by atoms with Crippen LogP contribution in [-0.4, -0.2) is 100 Å². The van der Waals surface area contributed by atoms with Gasteiger partial charge in [0.1, 0.15) is 24.4 Å². The van der Waals surface area contributed by atoms with Crippen molar-refractivity contribution in [3.8, 4) is 0 Å². The van der Waals surface area contributed by atoms with Crippen LogP contribution in [0.4, 0.5) is 0 Å². The first-order chi connectivity index (χ1) is 37.2. The second kappa shape index (κ2) is 55.1. The van der Waals surface area contributed by atoms with Crippen molar-refractivity contribution in [3.05, 3.63) is 24.3 Å². The number of ether oxygens (including phenoxy) is 3. The van der Waals surface area contributed by atoms with Crippen molar-refractivity contribution in [3.63, 3.8) is 0 Å². The van der Waals surface area contributed by atoms with E-state index in [0.29, 0.717) is 19.4 Å². The minimum Gasteiger partial charge on any atom is -0.466 e. The summed E-state index contributed by atoms with van der Waals surface area (Å²) in [5.74, 6) is -0.189. The van der Waals surface area contributed by atoms with E-state index in [4.69, 9.17) is 14.2 Å². The Bertz CT molecular complexity index is 1310. The van der Waals surface area contributed by atoms with Gasteiger partial charge in [-0.2, -0.15) is 0 Å². The van der Waals surface area contributed by atoms with Gasteiger partial charge in [0.25, 0.3) is 0 Å². The second-order valence-electron chi connectivity index (χ2n) is 22.8. The molecule has 0 saturated carbocycles. The number of rotatable bonds is 57. The highest BCUT2D eigenvalue weighted by molar-refractivity contribution is 5.76. The Labute approximate surface area is 467 Å². The first-order valence-corrected chi connectivity index (χ1v) is 32.6. The van der Waals surface area contributed by atoms with Crippen LogP contribution < -0.4 is 5.32 Å². The molecule has 7 unspecified atom stereocenters. The Hall–Kier alpha value is -1.86. The van der Waals surface area contributed by atoms with E-state index < -0.39 is 49.5 Å². The minimum atomic E-state index is -1.58. The van der Waals surface area contributed by atoms with E-state index in [1.807, 2.05) is 6.08 Å². The fourth-order valence-electron chi connectivity index (χ4n) is 10.4. The van der Waals surface area contributed by atoms with Crippen LogP contribution in [0.2, 0.25) is 0 Å². The molecule has 1 amide bonds. The lowest BCUT2D eigenvalue weighted by molar-refractivity contribution is -0.302. The molecule has 11 heteroatoms. The van der Waals surface area contributed by atoms with Gasteiger partial charge in [-0.15, -0.1) is 0 Å². The zero-order valence-corrected chi connectivity index (χ0v) is 49.5. The van der Waals surface area contributed by atoms with Crippen LogP contribution in [0.1, 0.15) is 316 Å². The lowest BCUT2D eigenvalue weighted by atomic mass is 9.99. The molecular formula is C65H123NO10. The predicted molar refractivity (Wildman–Crippen MR) is 315 cm³/mol. The Morgan fingerprint density at radius 1 is 0.474 bits per heavy atom. The van der Waals surface area contributed by atoms with Crippen LogP contribution in [0, 0.1) is 0 Å². The van der Waals surface area contributed by atoms with Crippen molar-refractivity contribution in [1.29, 1.82) is 0 Å². The maximum atomic E-state index is 13.1. The van der Waals surface area contributed by atoms with Gasteiger partial charge in [0.05, 0.1) is 32.0 Å². The summed E-state index contributed by atoms with van der Waals surface area (Å²) in [5.41, 5.74) is 0. The Kier molecular flexibility index (Phi) is 52.3. The number of aliphatic hydroxyl groups excluding tert-OH is 5. The predicted octanol–water partition coefficient (Wildman–Crippen LogP) is 15.7. The molecule has 0 aromatic heterocycles. The van der Waals surface area contributed by atoms with Crippen molar-refractivity contribution in [2.24, 2.45) is 0 Å². The van der Waals surface area contributed by atoms with E-state index in [0.717, 1.165) is 57.8 Å². The topological polar surface area (TPSA) is 175 Å². The summed E-state index contributed by atoms with van der Waals surface area (Å²) in [4.78, 5) is 25.1. The van der Waals surface area contributed by atoms with Crippen LogP contribution >= 0.6 is 0 Å². The van der Waals surface area contributed by atoms with Gasteiger partial charge in [-0.3, -0.25) is 9.59 Å². The molecule has 448 valence electrons. The smallest absolute Gasteiger partial charge is 0.305 e. The third kappa shape index (κ3) is 44.0. The molecule has 7 atom stereocenters. The zero-order chi connectivity index (χ0) is 55.2. The molecule has 1 saturated heterocycles. The van der Waals surface area contributed by atoms with Gasteiger partial charge < -0.3 is 45.1 Å². The number of allylic oxidation sites excluding steroid dienone is 3. The fraction of sp³-hybridized carbons (Fsp3) is 0.908. The standard InChI is InChI=1S/C65H123NO10/c1-3-5-7-9-11-13-15-16-25-28-32-35-39-43-47-51-58(68)57(56-75-65-64(73)63(72)62(71)59(55-67)76-65)66-60(69)52-48-44-40-36-33-29-26-23-21-19-17-18-20-22-24-27-30-34-38-42-46-50-54-74-61(70)53-49-45-41-37-31-14-12-10-8-6-4-2/h32,35,47,51,57-59,62-65,67-68,71-73H,3-31,33-34,36-46,48-50,52-56H2,1-2H3,(H,66,69)/b35-32+,51-47+. The van der Waals surface area contributed by atoms with Crippen molar-refractivity contribution in [2.75, 3.05) is 19.8 Å². The van der Waals surface area contributed by atoms with E-state index in [-0.39, 0.29) is 18.5 Å². The number of unbranched alkanes of at least 4 members (excludes halogenated alkanes) is 41. The van der Waals surface area contributed by atoms with Gasteiger partial charge in [-0.05, 0) is 44.9 Å². The average molecular weight is 1080 g/mol. The Balaban J connectivity index is 2.06. The quantitative estimate of drug-likeness (QED) is 0.0195. The summed E-state index contributed by atoms with van der Waals surface area (Å²) in [6.07, 6.45) is 57.0. The van der Waals surface area contributed by atoms with Crippen LogP contribution in [0.5, 0.6) is 0 Å². The third-order valence-electron chi connectivity index (χ3n) is 15.6. The molecule has 0 aromatic rings. The first-order valence-electron chi connectivity index (χ1n) is 32.6. The molecule has 1 fully saturated rings. The molecule has 0 radical (unpaired) electrons. The molecule has 0 aliphatic carbocycles. The molecular weight excluding hydrogens is 955 g/mol. The Morgan fingerprint density at radius 3 is 1.30 bits per heavy atom. The average Bonchev–Trinajstić information content (AvgIpc) is 3.42. The molecule has 0 bridgehead atoms. The number of aliphatic hydroxyl groups is 5. The fourth-order valence-corrected chi connectivity index (χ4v) is 10.4. The molecule has 6 N–H and O–H groups in total. The van der Waals surface area contributed by atoms with Crippen molar-refractivity contribution in [1.82, 2.24) is 5.32 Å². The van der Waals surface area contributed by atoms with Crippen LogP contribution in [-0.2, 0) is 23.8 Å². The highest BCUT2D eigenvalue weighted by atomic mass is 16.7. The van der Waals surface area contributed by atoms with Crippen molar-refractivity contribution < 1.29 is 49.3 Å². The number of hydrogen-bond acceptors (Lipinski definition) is 10. The summed E-state index contributed by atoms with van der Waals surface area (Å²) < 4.78 is 16.7. The molecule has 0 spiro atoms. The van der Waals surface area contributed by atoms with E-state index in [2.05, 4.69) is 31.3 Å². The monoisotopic (exact) mass is 1080 g/mol. The summed E-state index contributed by atoms with van der Waals surface area (Å²) >= 11 is 0. The molecule has 1 aliphatic heterocycles. The summed E-state index contributed by atoms with van der Waals surface area (Å²) in [5, 5.41) is 54.5. The number of esters is 1. The van der Waals surface area contributed by atoms with Gasteiger partial charge in [0.2, 0.25) is 5.91 Å². The van der Waals surface area contributed by atoms with E-state index in [1.165, 1.54) is 231 Å². The summed E-state index contributed by atoms with van der Waals surface area (Å²) in [6.45, 7) is 4.35. The summed E-state index contributed by atoms with van der Waals surface area (Å²) in [6, 6.07) is -0.827. The van der Waals surface area contributed by atoms with Crippen molar-refractivity contribution >= 4 is 11.9 Å². The molecule has 0 aromatic carbocycles. The summed E-state index contributed by atoms with van der Waals surface area (Å²) in [7, 11) is 0. The number of amides is 1. The van der Waals surface area contributed by atoms with Gasteiger partial charge in [0.15, 0.2) is 6.29 Å². The van der Waals surface area contributed by atoms with Gasteiger partial charge >= 0.3 is 5.97 Å². The molecule has 1 aliphatic rings. The minimum absolute atomic E-state index is 0.000538. The van der Waals surface area contributed by atoms with Gasteiger partial charge in [0, 0.05) is 12.8 Å². The normalized spacial score (nSPS) is 18.8. The maximum Gasteiger partial charge on any atom is 0.305 e. The zero-order valence-electron chi connectivity index (χ0n) is 49.5. The van der Waals surface area contributed by atoms with E-state index in [1.54, 1.807) is 6.08 Å². The van der Waals surface area contributed by atoms with Crippen LogP contribution in [0.25, 0.3) is 0 Å². The SMILES string of the molecule is CCCCCCCCCCC/C=C/CC/C=C/C(O)C(COC1OC(CO)C(O)C(O)C1O)NC(=O)CCCCCCCCCCCCCCCCCCCCCCCCOC(=O)CCCCCCCCCCCCC. The van der Waals surface area contributed by atoms with Crippen LogP contribution in [0.15, 0.2) is 24.3 Å². The highest BCUT2D eigenvalue weighted by Gasteiger charge is 2.44. The second-order valence-corrected chi connectivity index (χ2v) is 22.8. The maximum absolute atomic E-state index is 13.1. The van der Waals surface area contributed by atoms with Crippen LogP contribution in [0.3, 0.4) is 0 Å². The molecule has 76 heavy (non-hydrogen) atoms. The number of hydrogen-bond donors (Lipinski definition) is 6. The number of carbonyl (C=O) groups excluding carboxylic acids is 2. The molecule has 1 heterocycles. The number of nitrogens with one attached hydrogen (secondary N) is 1. The largest absolute Gasteiger partial charge is 0.466 e. The lowest BCUT2D eigenvalue weighted by Crippen LogP contribution is -2.60. The van der Waals surface area contributed by atoms with Gasteiger partial charge in [-0.25, -0.2) is 0 Å². The molecule has 11 nitrogen and oxygen atoms in total. The lowest BCUT2D eigenvalue weighted by Gasteiger charge is -2.40. The third-order valence-corrected chi connectivity index (χ3v) is 15.6.